The summed E-state index contributed by atoms with van der Waals surface area (Å²) in [5.74, 6) is -0.221. The second kappa shape index (κ2) is 6.37. The average Bonchev–Trinajstić information content (AvgIpc) is 2.95. The zero-order chi connectivity index (χ0) is 16.2. The molecular weight excluding hydrogens is 312 g/mol. The number of nitrogen functional groups attached to an aromatic ring is 1. The van der Waals surface area contributed by atoms with E-state index in [4.69, 9.17) is 5.73 Å². The van der Waals surface area contributed by atoms with Crippen LogP contribution in [0.25, 0.3) is 0 Å². The van der Waals surface area contributed by atoms with Crippen LogP contribution >= 0.6 is 11.3 Å². The Bertz CT molecular complexity index is 862. The van der Waals surface area contributed by atoms with Gasteiger partial charge < -0.3 is 11.1 Å². The lowest BCUT2D eigenvalue weighted by Crippen LogP contribution is -2.05. The van der Waals surface area contributed by atoms with Gasteiger partial charge in [-0.3, -0.25) is 14.6 Å². The molecule has 0 amide bonds. The summed E-state index contributed by atoms with van der Waals surface area (Å²) in [7, 11) is 0. The van der Waals surface area contributed by atoms with Crippen molar-refractivity contribution in [3.05, 3.63) is 64.8 Å². The molecule has 23 heavy (non-hydrogen) atoms. The monoisotopic (exact) mass is 324 g/mol. The SMILES string of the molecule is Nc1nc(Nc2ccccc2)sc1C(=O)c1cc(C=O)ccn1. The van der Waals surface area contributed by atoms with Crippen molar-refractivity contribution in [3.63, 3.8) is 0 Å². The molecule has 0 spiro atoms. The zero-order valence-corrected chi connectivity index (χ0v) is 12.7. The number of nitrogens with one attached hydrogen (secondary N) is 1. The third kappa shape index (κ3) is 3.24. The molecule has 3 N–H and O–H groups in total. The largest absolute Gasteiger partial charge is 0.382 e. The highest BCUT2D eigenvalue weighted by Gasteiger charge is 2.19. The third-order valence-electron chi connectivity index (χ3n) is 3.04. The second-order valence-corrected chi connectivity index (χ2v) is 5.64. The first-order chi connectivity index (χ1) is 11.2. The van der Waals surface area contributed by atoms with Crippen molar-refractivity contribution in [1.29, 1.82) is 0 Å². The molecule has 0 aliphatic rings. The number of ketones is 1. The Balaban J connectivity index is 1.88. The minimum Gasteiger partial charge on any atom is -0.382 e. The molecular formula is C16H12N4O2S. The Morgan fingerprint density at radius 2 is 2.00 bits per heavy atom. The van der Waals surface area contributed by atoms with Gasteiger partial charge in [0.25, 0.3) is 0 Å². The van der Waals surface area contributed by atoms with Gasteiger partial charge >= 0.3 is 0 Å². The molecule has 2 heterocycles. The first kappa shape index (κ1) is 14.9. The van der Waals surface area contributed by atoms with Crippen LogP contribution in [0.3, 0.4) is 0 Å². The summed E-state index contributed by atoms with van der Waals surface area (Å²) in [6.07, 6.45) is 2.08. The fourth-order valence-electron chi connectivity index (χ4n) is 1.95. The van der Waals surface area contributed by atoms with Gasteiger partial charge in [-0.2, -0.15) is 0 Å². The topological polar surface area (TPSA) is 98.0 Å². The molecule has 0 fully saturated rings. The van der Waals surface area contributed by atoms with E-state index in [0.29, 0.717) is 21.9 Å². The molecule has 0 bridgehead atoms. The number of hydrogen-bond donors (Lipinski definition) is 2. The van der Waals surface area contributed by atoms with Crippen LogP contribution < -0.4 is 11.1 Å². The highest BCUT2D eigenvalue weighted by atomic mass is 32.1. The maximum atomic E-state index is 12.5. The van der Waals surface area contributed by atoms with E-state index in [1.807, 2.05) is 30.3 Å². The lowest BCUT2D eigenvalue weighted by Gasteiger charge is -2.00. The smallest absolute Gasteiger partial charge is 0.225 e. The number of aromatic nitrogens is 2. The molecule has 0 saturated carbocycles. The van der Waals surface area contributed by atoms with Gasteiger partial charge in [0, 0.05) is 17.4 Å². The van der Waals surface area contributed by atoms with Crippen LogP contribution in [0.5, 0.6) is 0 Å². The highest BCUT2D eigenvalue weighted by Crippen LogP contribution is 2.29. The summed E-state index contributed by atoms with van der Waals surface area (Å²) in [5, 5.41) is 3.61. The molecule has 0 radical (unpaired) electrons. The van der Waals surface area contributed by atoms with Crippen LogP contribution in [0.1, 0.15) is 25.7 Å². The fraction of sp³-hybridized carbons (Fsp3) is 0. The number of benzene rings is 1. The summed E-state index contributed by atoms with van der Waals surface area (Å²) < 4.78 is 0. The number of para-hydroxylation sites is 1. The van der Waals surface area contributed by atoms with Crippen molar-refractivity contribution in [2.75, 3.05) is 11.1 Å². The Hall–Kier alpha value is -3.06. The summed E-state index contributed by atoms with van der Waals surface area (Å²) in [5.41, 5.74) is 7.24. The molecule has 3 rings (SSSR count). The van der Waals surface area contributed by atoms with Crippen molar-refractivity contribution >= 4 is 40.0 Å². The number of nitrogens with two attached hydrogens (primary N) is 1. The third-order valence-corrected chi connectivity index (χ3v) is 4.02. The molecule has 0 atom stereocenters. The van der Waals surface area contributed by atoms with Crippen LogP contribution in [0.2, 0.25) is 0 Å². The first-order valence-electron chi connectivity index (χ1n) is 6.71. The quantitative estimate of drug-likeness (QED) is 0.553. The predicted molar refractivity (Wildman–Crippen MR) is 89.3 cm³/mol. The van der Waals surface area contributed by atoms with Gasteiger partial charge in [0.2, 0.25) is 5.78 Å². The van der Waals surface area contributed by atoms with Crippen molar-refractivity contribution in [1.82, 2.24) is 9.97 Å². The number of thiazole rings is 1. The number of rotatable bonds is 5. The number of carbonyl (C=O) groups is 2. The fourth-order valence-corrected chi connectivity index (χ4v) is 2.81. The maximum absolute atomic E-state index is 12.5. The molecule has 114 valence electrons. The van der Waals surface area contributed by atoms with Gasteiger partial charge in [0.15, 0.2) is 5.13 Å². The van der Waals surface area contributed by atoms with Gasteiger partial charge in [-0.05, 0) is 24.3 Å². The Morgan fingerprint density at radius 1 is 1.22 bits per heavy atom. The van der Waals surface area contributed by atoms with E-state index < -0.39 is 0 Å². The van der Waals surface area contributed by atoms with Crippen molar-refractivity contribution in [2.45, 2.75) is 0 Å². The number of aldehydes is 1. The summed E-state index contributed by atoms with van der Waals surface area (Å²) in [4.78, 5) is 31.7. The van der Waals surface area contributed by atoms with E-state index in [-0.39, 0.29) is 17.3 Å². The minimum atomic E-state index is -0.357. The Morgan fingerprint density at radius 3 is 2.74 bits per heavy atom. The van der Waals surface area contributed by atoms with Gasteiger partial charge in [-0.1, -0.05) is 29.5 Å². The van der Waals surface area contributed by atoms with E-state index in [1.165, 1.54) is 18.3 Å². The van der Waals surface area contributed by atoms with E-state index in [9.17, 15) is 9.59 Å². The molecule has 6 nitrogen and oxygen atoms in total. The molecule has 0 aliphatic heterocycles. The van der Waals surface area contributed by atoms with Gasteiger partial charge in [0.1, 0.15) is 22.7 Å². The van der Waals surface area contributed by atoms with E-state index in [1.54, 1.807) is 0 Å². The van der Waals surface area contributed by atoms with Gasteiger partial charge in [-0.25, -0.2) is 4.98 Å². The lowest BCUT2D eigenvalue weighted by atomic mass is 10.2. The van der Waals surface area contributed by atoms with Gasteiger partial charge in [-0.15, -0.1) is 0 Å². The molecule has 0 unspecified atom stereocenters. The number of hydrogen-bond acceptors (Lipinski definition) is 7. The van der Waals surface area contributed by atoms with E-state index in [2.05, 4.69) is 15.3 Å². The van der Waals surface area contributed by atoms with Crippen LogP contribution in [0, 0.1) is 0 Å². The lowest BCUT2D eigenvalue weighted by molar-refractivity contribution is 0.103. The molecule has 3 aromatic rings. The number of anilines is 3. The molecule has 0 saturated heterocycles. The van der Waals surface area contributed by atoms with Crippen molar-refractivity contribution < 1.29 is 9.59 Å². The predicted octanol–water partition coefficient (Wildman–Crippen LogP) is 2.91. The molecule has 0 aliphatic carbocycles. The van der Waals surface area contributed by atoms with Gasteiger partial charge in [0.05, 0.1) is 0 Å². The average molecular weight is 324 g/mol. The second-order valence-electron chi connectivity index (χ2n) is 4.65. The summed E-state index contributed by atoms with van der Waals surface area (Å²) in [6, 6.07) is 12.4. The molecule has 7 heteroatoms. The van der Waals surface area contributed by atoms with Crippen LogP contribution in [0.15, 0.2) is 48.7 Å². The number of nitrogens with zero attached hydrogens (tertiary/aromatic N) is 2. The minimum absolute atomic E-state index is 0.136. The number of carbonyl (C=O) groups excluding carboxylic acids is 2. The zero-order valence-electron chi connectivity index (χ0n) is 11.9. The van der Waals surface area contributed by atoms with Crippen LogP contribution in [-0.4, -0.2) is 22.0 Å². The van der Waals surface area contributed by atoms with E-state index >= 15 is 0 Å². The van der Waals surface area contributed by atoms with E-state index in [0.717, 1.165) is 17.0 Å². The first-order valence-corrected chi connectivity index (χ1v) is 7.53. The Kier molecular flexibility index (Phi) is 4.11. The summed E-state index contributed by atoms with van der Waals surface area (Å²) >= 11 is 1.15. The summed E-state index contributed by atoms with van der Waals surface area (Å²) in [6.45, 7) is 0. The normalized spacial score (nSPS) is 10.3. The molecule has 2 aromatic heterocycles. The Labute approximate surface area is 136 Å². The highest BCUT2D eigenvalue weighted by molar-refractivity contribution is 7.18. The van der Waals surface area contributed by atoms with Crippen LogP contribution in [-0.2, 0) is 0 Å². The molecule has 1 aromatic carbocycles. The van der Waals surface area contributed by atoms with Crippen molar-refractivity contribution in [2.24, 2.45) is 0 Å². The van der Waals surface area contributed by atoms with Crippen LogP contribution in [0.4, 0.5) is 16.6 Å². The maximum Gasteiger partial charge on any atom is 0.225 e. The standard InChI is InChI=1S/C16H12N4O2S/c17-15-14(13(22)12-8-10(9-21)6-7-18-12)23-16(20-15)19-11-4-2-1-3-5-11/h1-9H,17H2,(H,19,20). The number of pyridine rings is 1. The van der Waals surface area contributed by atoms with Crippen molar-refractivity contribution in [3.8, 4) is 0 Å².